The standard InChI is InChI=1S/C19H25Cl3N2O2/c20-19(21,22)18(23-17(25)14-7-2-1-3-8-14)26-13-15-9-6-12-24-11-5-4-10-16(15)24/h1-3,7-8,15-16,18H,4-6,9-13H2,(H,23,25)/p+1/t15-,16+,18+/m1/s1. The highest BCUT2D eigenvalue weighted by Gasteiger charge is 2.40. The molecular formula is C19H26Cl3N2O2+. The maximum Gasteiger partial charge on any atom is 0.253 e. The minimum atomic E-state index is -1.72. The van der Waals surface area contributed by atoms with Crippen LogP contribution in [0.25, 0.3) is 0 Å². The summed E-state index contributed by atoms with van der Waals surface area (Å²) in [6.45, 7) is 3.00. The van der Waals surface area contributed by atoms with E-state index in [4.69, 9.17) is 39.5 Å². The zero-order valence-corrected chi connectivity index (χ0v) is 17.0. The van der Waals surface area contributed by atoms with Crippen LogP contribution in [-0.2, 0) is 4.74 Å². The average molecular weight is 421 g/mol. The molecule has 144 valence electrons. The molecule has 1 unspecified atom stereocenters. The molecule has 0 aromatic heterocycles. The fourth-order valence-corrected chi connectivity index (χ4v) is 4.56. The van der Waals surface area contributed by atoms with Crippen molar-refractivity contribution in [3.8, 4) is 0 Å². The van der Waals surface area contributed by atoms with Crippen molar-refractivity contribution in [1.82, 2.24) is 5.32 Å². The summed E-state index contributed by atoms with van der Waals surface area (Å²) in [5, 5.41) is 2.72. The van der Waals surface area contributed by atoms with Gasteiger partial charge in [-0.1, -0.05) is 53.0 Å². The zero-order chi connectivity index (χ0) is 18.6. The van der Waals surface area contributed by atoms with Gasteiger partial charge in [-0.2, -0.15) is 0 Å². The summed E-state index contributed by atoms with van der Waals surface area (Å²) in [6, 6.07) is 9.50. The second-order valence-corrected chi connectivity index (χ2v) is 9.63. The number of hydrogen-bond acceptors (Lipinski definition) is 2. The average Bonchev–Trinajstić information content (AvgIpc) is 2.64. The summed E-state index contributed by atoms with van der Waals surface area (Å²) >= 11 is 18.2. The van der Waals surface area contributed by atoms with Crippen LogP contribution in [0.15, 0.2) is 30.3 Å². The minimum absolute atomic E-state index is 0.310. The van der Waals surface area contributed by atoms with Crippen molar-refractivity contribution in [3.63, 3.8) is 0 Å². The third-order valence-corrected chi connectivity index (χ3v) is 6.10. The molecule has 2 aliphatic rings. The van der Waals surface area contributed by atoms with Gasteiger partial charge in [-0.3, -0.25) is 4.79 Å². The Labute approximate surface area is 170 Å². The lowest BCUT2D eigenvalue weighted by atomic mass is 9.84. The number of nitrogens with one attached hydrogen (secondary N) is 2. The molecule has 2 fully saturated rings. The van der Waals surface area contributed by atoms with Gasteiger partial charge in [0.15, 0.2) is 6.23 Å². The molecule has 1 amide bonds. The molecule has 1 aromatic rings. The molecule has 2 N–H and O–H groups in total. The van der Waals surface area contributed by atoms with Crippen molar-refractivity contribution < 1.29 is 14.4 Å². The van der Waals surface area contributed by atoms with E-state index in [0.717, 1.165) is 6.42 Å². The van der Waals surface area contributed by atoms with Gasteiger partial charge in [0.25, 0.3) is 5.91 Å². The van der Waals surface area contributed by atoms with Crippen LogP contribution in [0.3, 0.4) is 0 Å². The quantitative estimate of drug-likeness (QED) is 0.568. The molecule has 0 spiro atoms. The van der Waals surface area contributed by atoms with E-state index in [0.29, 0.717) is 24.1 Å². The van der Waals surface area contributed by atoms with Crippen molar-refractivity contribution in [1.29, 1.82) is 0 Å². The first-order valence-electron chi connectivity index (χ1n) is 9.34. The van der Waals surface area contributed by atoms with Gasteiger partial charge < -0.3 is 15.0 Å². The highest BCUT2D eigenvalue weighted by atomic mass is 35.6. The number of carbonyl (C=O) groups is 1. The Balaban J connectivity index is 1.61. The Kier molecular flexibility index (Phi) is 7.09. The highest BCUT2D eigenvalue weighted by molar-refractivity contribution is 6.68. The number of halogens is 3. The summed E-state index contributed by atoms with van der Waals surface area (Å²) in [5.74, 6) is 0.137. The first-order valence-corrected chi connectivity index (χ1v) is 10.5. The van der Waals surface area contributed by atoms with E-state index >= 15 is 0 Å². The van der Waals surface area contributed by atoms with Gasteiger partial charge in [0.2, 0.25) is 3.79 Å². The number of amides is 1. The monoisotopic (exact) mass is 419 g/mol. The summed E-state index contributed by atoms with van der Waals surface area (Å²) < 4.78 is 4.22. The van der Waals surface area contributed by atoms with E-state index in [-0.39, 0.29) is 5.91 Å². The van der Waals surface area contributed by atoms with E-state index in [9.17, 15) is 4.79 Å². The largest absolute Gasteiger partial charge is 0.353 e. The molecule has 2 aliphatic heterocycles. The fourth-order valence-electron chi connectivity index (χ4n) is 4.21. The predicted octanol–water partition coefficient (Wildman–Crippen LogP) is 2.98. The normalized spacial score (nSPS) is 27.4. The number of rotatable bonds is 5. The van der Waals surface area contributed by atoms with Crippen molar-refractivity contribution >= 4 is 40.7 Å². The summed E-state index contributed by atoms with van der Waals surface area (Å²) in [7, 11) is 0. The number of alkyl halides is 3. The molecule has 0 aliphatic carbocycles. The molecule has 26 heavy (non-hydrogen) atoms. The Bertz CT molecular complexity index is 592. The maximum atomic E-state index is 12.4. The molecule has 4 nitrogen and oxygen atoms in total. The van der Waals surface area contributed by atoms with Gasteiger partial charge in [0, 0.05) is 11.5 Å². The molecule has 0 bridgehead atoms. The van der Waals surface area contributed by atoms with Gasteiger partial charge in [-0.05, 0) is 44.2 Å². The molecular weight excluding hydrogens is 395 g/mol. The minimum Gasteiger partial charge on any atom is -0.353 e. The van der Waals surface area contributed by atoms with E-state index in [1.54, 1.807) is 29.2 Å². The number of hydrogen-bond donors (Lipinski definition) is 2. The lowest BCUT2D eigenvalue weighted by Crippen LogP contribution is -3.18. The maximum absolute atomic E-state index is 12.4. The Morgan fingerprint density at radius 2 is 1.88 bits per heavy atom. The van der Waals surface area contributed by atoms with E-state index in [1.807, 2.05) is 6.07 Å². The zero-order valence-electron chi connectivity index (χ0n) is 14.7. The van der Waals surface area contributed by atoms with Crippen molar-refractivity contribution in [2.75, 3.05) is 19.7 Å². The van der Waals surface area contributed by atoms with Crippen molar-refractivity contribution in [2.45, 2.75) is 48.2 Å². The topological polar surface area (TPSA) is 42.8 Å². The Hall–Kier alpha value is -0.520. The van der Waals surface area contributed by atoms with Crippen LogP contribution in [0.4, 0.5) is 0 Å². The van der Waals surface area contributed by atoms with E-state index in [1.165, 1.54) is 38.8 Å². The lowest BCUT2D eigenvalue weighted by molar-refractivity contribution is -0.940. The molecule has 1 aromatic carbocycles. The van der Waals surface area contributed by atoms with Gasteiger partial charge in [0.1, 0.15) is 0 Å². The van der Waals surface area contributed by atoms with Crippen LogP contribution < -0.4 is 10.2 Å². The smallest absolute Gasteiger partial charge is 0.253 e. The molecule has 4 atom stereocenters. The third kappa shape index (κ3) is 5.26. The Morgan fingerprint density at radius 1 is 1.15 bits per heavy atom. The first kappa shape index (κ1) is 20.2. The van der Waals surface area contributed by atoms with E-state index in [2.05, 4.69) is 5.32 Å². The molecule has 2 saturated heterocycles. The van der Waals surface area contributed by atoms with Crippen LogP contribution in [-0.4, -0.2) is 41.7 Å². The van der Waals surface area contributed by atoms with Crippen LogP contribution in [0, 0.1) is 5.92 Å². The van der Waals surface area contributed by atoms with Gasteiger partial charge in [-0.25, -0.2) is 0 Å². The summed E-state index contributed by atoms with van der Waals surface area (Å²) in [5.41, 5.74) is 0.510. The van der Waals surface area contributed by atoms with Gasteiger partial charge in [-0.15, -0.1) is 0 Å². The number of benzene rings is 1. The fraction of sp³-hybridized carbons (Fsp3) is 0.632. The highest BCUT2D eigenvalue weighted by Crippen LogP contribution is 2.32. The number of carbonyl (C=O) groups excluding carboxylic acids is 1. The van der Waals surface area contributed by atoms with Crippen LogP contribution in [0.2, 0.25) is 0 Å². The second-order valence-electron chi connectivity index (χ2n) is 7.26. The molecule has 2 heterocycles. The molecule has 7 heteroatoms. The predicted molar refractivity (Wildman–Crippen MR) is 105 cm³/mol. The first-order chi connectivity index (χ1) is 12.4. The summed E-state index contributed by atoms with van der Waals surface area (Å²) in [6.07, 6.45) is 5.18. The summed E-state index contributed by atoms with van der Waals surface area (Å²) in [4.78, 5) is 14.1. The van der Waals surface area contributed by atoms with Crippen LogP contribution in [0.1, 0.15) is 42.5 Å². The lowest BCUT2D eigenvalue weighted by Gasteiger charge is -2.41. The molecule has 0 radical (unpaired) electrons. The Morgan fingerprint density at radius 3 is 2.62 bits per heavy atom. The van der Waals surface area contributed by atoms with Crippen molar-refractivity contribution in [2.24, 2.45) is 5.92 Å². The van der Waals surface area contributed by atoms with Crippen LogP contribution in [0.5, 0.6) is 0 Å². The second kappa shape index (κ2) is 9.11. The van der Waals surface area contributed by atoms with Crippen molar-refractivity contribution in [3.05, 3.63) is 35.9 Å². The SMILES string of the molecule is O=C(N[C@@H](OC[C@H]1CCC[NH+]2CCCC[C@@H]12)C(Cl)(Cl)Cl)c1ccccc1. The van der Waals surface area contributed by atoms with E-state index < -0.39 is 10.0 Å². The van der Waals surface area contributed by atoms with Crippen LogP contribution >= 0.6 is 34.8 Å². The third-order valence-electron chi connectivity index (χ3n) is 5.50. The number of fused-ring (bicyclic) bond motifs is 1. The number of quaternary nitrogens is 1. The van der Waals surface area contributed by atoms with Gasteiger partial charge in [0.05, 0.1) is 25.7 Å². The van der Waals surface area contributed by atoms with Gasteiger partial charge >= 0.3 is 0 Å². The number of ether oxygens (including phenoxy) is 1. The number of piperidine rings is 2. The molecule has 3 rings (SSSR count). The molecule has 0 saturated carbocycles.